The number of carbonyl (C=O) groups excluding carboxylic acids is 2. The summed E-state index contributed by atoms with van der Waals surface area (Å²) in [5.74, 6) is -0.759. The van der Waals surface area contributed by atoms with Crippen LogP contribution in [-0.2, 0) is 9.59 Å². The average Bonchev–Trinajstić information content (AvgIpc) is 2.49. The zero-order chi connectivity index (χ0) is 15.7. The van der Waals surface area contributed by atoms with Crippen LogP contribution in [0.4, 0.5) is 5.69 Å². The van der Waals surface area contributed by atoms with Gasteiger partial charge in [0.25, 0.3) is 0 Å². The summed E-state index contributed by atoms with van der Waals surface area (Å²) in [6, 6.07) is 7.10. The van der Waals surface area contributed by atoms with Gasteiger partial charge in [-0.3, -0.25) is 9.59 Å². The molecule has 0 aromatic heterocycles. The first kappa shape index (κ1) is 17.7. The van der Waals surface area contributed by atoms with Gasteiger partial charge in [-0.2, -0.15) is 0 Å². The van der Waals surface area contributed by atoms with Gasteiger partial charge in [-0.25, -0.2) is 0 Å². The van der Waals surface area contributed by atoms with Crippen molar-refractivity contribution in [2.75, 3.05) is 11.9 Å². The number of nitrogens with one attached hydrogen (secondary N) is 2. The highest BCUT2D eigenvalue weighted by molar-refractivity contribution is 9.10. The van der Waals surface area contributed by atoms with Gasteiger partial charge in [0.15, 0.2) is 0 Å². The van der Waals surface area contributed by atoms with Crippen LogP contribution in [0.3, 0.4) is 0 Å². The quantitative estimate of drug-likeness (QED) is 0.733. The molecule has 0 saturated carbocycles. The van der Waals surface area contributed by atoms with Crippen LogP contribution in [0.15, 0.2) is 28.7 Å². The highest BCUT2D eigenvalue weighted by atomic mass is 79.9. The van der Waals surface area contributed by atoms with Crippen LogP contribution in [0, 0.1) is 5.92 Å². The highest BCUT2D eigenvalue weighted by Crippen LogP contribution is 2.14. The van der Waals surface area contributed by atoms with Gasteiger partial charge < -0.3 is 10.6 Å². The largest absolute Gasteiger partial charge is 0.348 e. The van der Waals surface area contributed by atoms with Crippen molar-refractivity contribution in [1.82, 2.24) is 5.32 Å². The molecule has 4 nitrogen and oxygen atoms in total. The summed E-state index contributed by atoms with van der Waals surface area (Å²) in [6.45, 7) is 4.81. The Morgan fingerprint density at radius 2 is 1.81 bits per heavy atom. The average molecular weight is 355 g/mol. The molecule has 2 amide bonds. The maximum atomic E-state index is 11.8. The molecule has 0 aliphatic rings. The molecule has 0 heterocycles. The van der Waals surface area contributed by atoms with Gasteiger partial charge in [-0.15, -0.1) is 0 Å². The number of benzene rings is 1. The van der Waals surface area contributed by atoms with Gasteiger partial charge in [-0.1, -0.05) is 49.0 Å². The van der Waals surface area contributed by atoms with Crippen LogP contribution in [-0.4, -0.2) is 18.4 Å². The summed E-state index contributed by atoms with van der Waals surface area (Å²) < 4.78 is 0.923. The van der Waals surface area contributed by atoms with Crippen LogP contribution >= 0.6 is 15.9 Å². The number of unbranched alkanes of at least 4 members (excludes halogenated alkanes) is 1. The maximum Gasteiger partial charge on any atom is 0.313 e. The zero-order valence-corrected chi connectivity index (χ0v) is 14.2. The lowest BCUT2D eigenvalue weighted by Crippen LogP contribution is -2.38. The van der Waals surface area contributed by atoms with Gasteiger partial charge in [-0.05, 0) is 36.6 Å². The second kappa shape index (κ2) is 9.55. The molecular weight excluding hydrogens is 332 g/mol. The van der Waals surface area contributed by atoms with Crippen molar-refractivity contribution in [1.29, 1.82) is 0 Å². The number of hydrogen-bond acceptors (Lipinski definition) is 2. The van der Waals surface area contributed by atoms with E-state index < -0.39 is 11.8 Å². The van der Waals surface area contributed by atoms with E-state index in [-0.39, 0.29) is 0 Å². The third kappa shape index (κ3) is 6.76. The summed E-state index contributed by atoms with van der Waals surface area (Å²) in [5.41, 5.74) is 0.608. The molecule has 1 aromatic carbocycles. The normalized spacial score (nSPS) is 11.8. The minimum absolute atomic E-state index is 0.439. The fraction of sp³-hybridized carbons (Fsp3) is 0.500. The monoisotopic (exact) mass is 354 g/mol. The molecule has 1 rings (SSSR count). The van der Waals surface area contributed by atoms with Crippen molar-refractivity contribution in [2.24, 2.45) is 5.92 Å². The van der Waals surface area contributed by atoms with E-state index in [1.807, 2.05) is 12.1 Å². The summed E-state index contributed by atoms with van der Waals surface area (Å²) in [6.07, 6.45) is 4.39. The first-order valence-electron chi connectivity index (χ1n) is 7.41. The predicted octanol–water partition coefficient (Wildman–Crippen LogP) is 3.72. The lowest BCUT2D eigenvalue weighted by Gasteiger charge is -2.15. The lowest BCUT2D eigenvalue weighted by atomic mass is 9.99. The zero-order valence-electron chi connectivity index (χ0n) is 12.6. The van der Waals surface area contributed by atoms with E-state index in [0.717, 1.165) is 30.2 Å². The van der Waals surface area contributed by atoms with E-state index in [2.05, 4.69) is 40.4 Å². The van der Waals surface area contributed by atoms with Crippen LogP contribution < -0.4 is 10.6 Å². The Hall–Kier alpha value is -1.36. The van der Waals surface area contributed by atoms with Gasteiger partial charge in [0.1, 0.15) is 0 Å². The van der Waals surface area contributed by atoms with Crippen molar-refractivity contribution < 1.29 is 9.59 Å². The molecule has 2 N–H and O–H groups in total. The van der Waals surface area contributed by atoms with Crippen molar-refractivity contribution in [3.05, 3.63) is 28.7 Å². The van der Waals surface area contributed by atoms with E-state index in [9.17, 15) is 9.59 Å². The standard InChI is InChI=1S/C16H23BrN2O2/c1-3-5-6-12(4-2)11-18-15(20)16(21)19-14-9-7-13(17)8-10-14/h7-10,12H,3-6,11H2,1-2H3,(H,18,20)(H,19,21)/t12-/m0/s1. The molecule has 0 radical (unpaired) electrons. The molecule has 0 bridgehead atoms. The second-order valence-corrected chi connectivity index (χ2v) is 6.00. The number of carbonyl (C=O) groups is 2. The molecule has 0 aliphatic heterocycles. The minimum Gasteiger partial charge on any atom is -0.348 e. The molecule has 21 heavy (non-hydrogen) atoms. The first-order valence-corrected chi connectivity index (χ1v) is 8.20. The van der Waals surface area contributed by atoms with Crippen LogP contribution in [0.5, 0.6) is 0 Å². The van der Waals surface area contributed by atoms with Gasteiger partial charge in [0.2, 0.25) is 0 Å². The van der Waals surface area contributed by atoms with E-state index in [1.165, 1.54) is 0 Å². The number of hydrogen-bond donors (Lipinski definition) is 2. The molecular formula is C16H23BrN2O2. The Balaban J connectivity index is 2.40. The van der Waals surface area contributed by atoms with Crippen molar-refractivity contribution in [2.45, 2.75) is 39.5 Å². The van der Waals surface area contributed by atoms with Crippen LogP contribution in [0.25, 0.3) is 0 Å². The Kier molecular flexibility index (Phi) is 8.05. The summed E-state index contributed by atoms with van der Waals surface area (Å²) in [4.78, 5) is 23.6. The van der Waals surface area contributed by atoms with Crippen LogP contribution in [0.1, 0.15) is 39.5 Å². The minimum atomic E-state index is -0.623. The van der Waals surface area contributed by atoms with Gasteiger partial charge >= 0.3 is 11.8 Å². The van der Waals surface area contributed by atoms with E-state index in [4.69, 9.17) is 0 Å². The van der Waals surface area contributed by atoms with Gasteiger partial charge in [0, 0.05) is 16.7 Å². The third-order valence-electron chi connectivity index (χ3n) is 3.40. The summed E-state index contributed by atoms with van der Waals surface area (Å²) in [7, 11) is 0. The van der Waals surface area contributed by atoms with Crippen molar-refractivity contribution in [3.8, 4) is 0 Å². The molecule has 0 unspecified atom stereocenters. The first-order chi connectivity index (χ1) is 10.1. The van der Waals surface area contributed by atoms with Crippen molar-refractivity contribution in [3.63, 3.8) is 0 Å². The lowest BCUT2D eigenvalue weighted by molar-refractivity contribution is -0.136. The SMILES string of the molecule is CCCC[C@H](CC)CNC(=O)C(=O)Nc1ccc(Br)cc1. The molecule has 1 aromatic rings. The Morgan fingerprint density at radius 3 is 2.38 bits per heavy atom. The fourth-order valence-electron chi connectivity index (χ4n) is 1.98. The molecule has 5 heteroatoms. The molecule has 0 fully saturated rings. The fourth-order valence-corrected chi connectivity index (χ4v) is 2.25. The van der Waals surface area contributed by atoms with Gasteiger partial charge in [0.05, 0.1) is 0 Å². The maximum absolute atomic E-state index is 11.8. The Bertz CT molecular complexity index is 460. The van der Waals surface area contributed by atoms with E-state index >= 15 is 0 Å². The summed E-state index contributed by atoms with van der Waals surface area (Å²) >= 11 is 3.32. The smallest absolute Gasteiger partial charge is 0.313 e. The number of rotatable bonds is 7. The summed E-state index contributed by atoms with van der Waals surface area (Å²) in [5, 5.41) is 5.30. The molecule has 0 saturated heterocycles. The number of anilines is 1. The Morgan fingerprint density at radius 1 is 1.14 bits per heavy atom. The predicted molar refractivity (Wildman–Crippen MR) is 89.1 cm³/mol. The van der Waals surface area contributed by atoms with E-state index in [1.54, 1.807) is 12.1 Å². The number of halogens is 1. The van der Waals surface area contributed by atoms with Crippen molar-refractivity contribution >= 4 is 33.4 Å². The third-order valence-corrected chi connectivity index (χ3v) is 3.93. The highest BCUT2D eigenvalue weighted by Gasteiger charge is 2.15. The van der Waals surface area contributed by atoms with E-state index in [0.29, 0.717) is 18.2 Å². The molecule has 0 spiro atoms. The molecule has 0 aliphatic carbocycles. The number of amides is 2. The Labute approximate surface area is 134 Å². The second-order valence-electron chi connectivity index (χ2n) is 5.09. The molecule has 1 atom stereocenters. The molecule has 116 valence electrons. The van der Waals surface area contributed by atoms with Crippen LogP contribution in [0.2, 0.25) is 0 Å². The topological polar surface area (TPSA) is 58.2 Å².